The molecule has 1 aromatic heterocycles. The maximum atomic E-state index is 12.2. The number of ether oxygens (including phenoxy) is 1. The standard InChI is InChI=1S/C15H17ClN2O3S/c1-15(2,3)13(20)17-14-18(8-12(19)21-4)10-6-5-9(16)7-11(10)22-14/h5-7H,8H2,1-4H3. The first-order chi connectivity index (χ1) is 10.2. The van der Waals surface area contributed by atoms with Gasteiger partial charge in [-0.25, -0.2) is 0 Å². The van der Waals surface area contributed by atoms with Gasteiger partial charge >= 0.3 is 5.97 Å². The average Bonchev–Trinajstić information content (AvgIpc) is 2.74. The molecule has 7 heteroatoms. The number of nitrogens with zero attached hydrogens (tertiary/aromatic N) is 2. The summed E-state index contributed by atoms with van der Waals surface area (Å²) < 4.78 is 7.25. The number of carbonyl (C=O) groups is 2. The number of esters is 1. The summed E-state index contributed by atoms with van der Waals surface area (Å²) in [5.41, 5.74) is 0.206. The molecule has 0 spiro atoms. The van der Waals surface area contributed by atoms with Gasteiger partial charge in [0.05, 0.1) is 17.3 Å². The zero-order valence-corrected chi connectivity index (χ0v) is 14.4. The fourth-order valence-electron chi connectivity index (χ4n) is 1.73. The molecule has 1 amide bonds. The minimum atomic E-state index is -0.586. The lowest BCUT2D eigenvalue weighted by atomic mass is 9.96. The van der Waals surface area contributed by atoms with Crippen LogP contribution in [-0.4, -0.2) is 23.6 Å². The molecule has 2 rings (SSSR count). The molecule has 5 nitrogen and oxygen atoms in total. The quantitative estimate of drug-likeness (QED) is 0.789. The van der Waals surface area contributed by atoms with Crippen LogP contribution in [0.1, 0.15) is 20.8 Å². The van der Waals surface area contributed by atoms with Crippen LogP contribution in [0.3, 0.4) is 0 Å². The zero-order valence-electron chi connectivity index (χ0n) is 12.8. The lowest BCUT2D eigenvalue weighted by molar-refractivity contribution is -0.141. The van der Waals surface area contributed by atoms with Crippen molar-refractivity contribution in [2.75, 3.05) is 7.11 Å². The Labute approximate surface area is 137 Å². The van der Waals surface area contributed by atoms with Gasteiger partial charge < -0.3 is 9.30 Å². The van der Waals surface area contributed by atoms with Crippen LogP contribution in [0.4, 0.5) is 0 Å². The molecule has 0 atom stereocenters. The molecule has 0 saturated heterocycles. The van der Waals surface area contributed by atoms with Crippen molar-refractivity contribution in [3.63, 3.8) is 0 Å². The summed E-state index contributed by atoms with van der Waals surface area (Å²) in [5.74, 6) is -0.650. The molecule has 2 aromatic rings. The minimum Gasteiger partial charge on any atom is -0.468 e. The first kappa shape index (κ1) is 16.7. The lowest BCUT2D eigenvalue weighted by Crippen LogP contribution is -2.26. The molecule has 22 heavy (non-hydrogen) atoms. The second kappa shape index (κ2) is 6.22. The number of amides is 1. The van der Waals surface area contributed by atoms with E-state index in [0.717, 1.165) is 10.2 Å². The largest absolute Gasteiger partial charge is 0.468 e. The summed E-state index contributed by atoms with van der Waals surface area (Å²) in [7, 11) is 1.32. The monoisotopic (exact) mass is 340 g/mol. The Morgan fingerprint density at radius 3 is 2.64 bits per heavy atom. The van der Waals surface area contributed by atoms with Crippen LogP contribution >= 0.6 is 22.9 Å². The van der Waals surface area contributed by atoms with Gasteiger partial charge in [0.15, 0.2) is 4.80 Å². The molecule has 1 aromatic carbocycles. The number of aromatic nitrogens is 1. The van der Waals surface area contributed by atoms with Crippen LogP contribution in [0.5, 0.6) is 0 Å². The van der Waals surface area contributed by atoms with Crippen molar-refractivity contribution in [1.82, 2.24) is 4.57 Å². The van der Waals surface area contributed by atoms with E-state index < -0.39 is 11.4 Å². The summed E-state index contributed by atoms with van der Waals surface area (Å²) >= 11 is 7.32. The fourth-order valence-corrected chi connectivity index (χ4v) is 3.04. The predicted octanol–water partition coefficient (Wildman–Crippen LogP) is 3.00. The van der Waals surface area contributed by atoms with Crippen molar-refractivity contribution >= 4 is 45.0 Å². The second-order valence-electron chi connectivity index (χ2n) is 5.83. The van der Waals surface area contributed by atoms with Gasteiger partial charge in [-0.3, -0.25) is 9.59 Å². The van der Waals surface area contributed by atoms with E-state index in [4.69, 9.17) is 16.3 Å². The van der Waals surface area contributed by atoms with E-state index >= 15 is 0 Å². The minimum absolute atomic E-state index is 0.00557. The smallest absolute Gasteiger partial charge is 0.325 e. The number of halogens is 1. The van der Waals surface area contributed by atoms with Crippen molar-refractivity contribution in [2.45, 2.75) is 27.3 Å². The Kier molecular flexibility index (Phi) is 4.72. The molecule has 118 valence electrons. The van der Waals surface area contributed by atoms with Gasteiger partial charge in [-0.15, -0.1) is 0 Å². The van der Waals surface area contributed by atoms with Gasteiger partial charge in [-0.1, -0.05) is 43.7 Å². The number of hydrogen-bond acceptors (Lipinski definition) is 4. The predicted molar refractivity (Wildman–Crippen MR) is 86.9 cm³/mol. The lowest BCUT2D eigenvalue weighted by Gasteiger charge is -2.11. The summed E-state index contributed by atoms with van der Waals surface area (Å²) in [6.45, 7) is 5.39. The summed E-state index contributed by atoms with van der Waals surface area (Å²) in [4.78, 5) is 28.4. The van der Waals surface area contributed by atoms with Crippen LogP contribution in [0.2, 0.25) is 5.02 Å². The Balaban J connectivity index is 2.66. The Hall–Kier alpha value is -1.66. The van der Waals surface area contributed by atoms with E-state index in [-0.39, 0.29) is 12.5 Å². The van der Waals surface area contributed by atoms with E-state index in [9.17, 15) is 9.59 Å². The highest BCUT2D eigenvalue weighted by Crippen LogP contribution is 2.22. The Bertz CT molecular complexity index is 799. The van der Waals surface area contributed by atoms with E-state index in [2.05, 4.69) is 4.99 Å². The van der Waals surface area contributed by atoms with Crippen LogP contribution in [-0.2, 0) is 20.9 Å². The third-order valence-corrected chi connectivity index (χ3v) is 4.27. The van der Waals surface area contributed by atoms with Crippen molar-refractivity contribution in [3.8, 4) is 0 Å². The molecule has 0 bridgehead atoms. The third kappa shape index (κ3) is 3.56. The van der Waals surface area contributed by atoms with Crippen LogP contribution in [0.25, 0.3) is 10.2 Å². The van der Waals surface area contributed by atoms with Gasteiger partial charge in [0.2, 0.25) is 0 Å². The van der Waals surface area contributed by atoms with Gasteiger partial charge in [-0.05, 0) is 18.2 Å². The van der Waals surface area contributed by atoms with Crippen molar-refractivity contribution in [1.29, 1.82) is 0 Å². The highest BCUT2D eigenvalue weighted by molar-refractivity contribution is 7.16. The fraction of sp³-hybridized carbons (Fsp3) is 0.400. The molecule has 0 aliphatic carbocycles. The average molecular weight is 341 g/mol. The van der Waals surface area contributed by atoms with Crippen molar-refractivity contribution in [2.24, 2.45) is 10.4 Å². The number of fused-ring (bicyclic) bond motifs is 1. The van der Waals surface area contributed by atoms with Crippen molar-refractivity contribution in [3.05, 3.63) is 28.0 Å². The van der Waals surface area contributed by atoms with Gasteiger partial charge in [0, 0.05) is 10.4 Å². The number of hydrogen-bond donors (Lipinski definition) is 0. The molecule has 0 N–H and O–H groups in total. The first-order valence-electron chi connectivity index (χ1n) is 6.67. The van der Waals surface area contributed by atoms with Crippen LogP contribution in [0, 0.1) is 5.41 Å². The summed E-state index contributed by atoms with van der Waals surface area (Å²) in [5, 5.41) is 0.590. The van der Waals surface area contributed by atoms with E-state index in [1.165, 1.54) is 18.4 Å². The Morgan fingerprint density at radius 2 is 2.05 bits per heavy atom. The van der Waals surface area contributed by atoms with Crippen LogP contribution < -0.4 is 4.80 Å². The molecular formula is C15H17ClN2O3S. The van der Waals surface area contributed by atoms with E-state index in [1.807, 2.05) is 0 Å². The van der Waals surface area contributed by atoms with E-state index in [0.29, 0.717) is 9.82 Å². The second-order valence-corrected chi connectivity index (χ2v) is 7.27. The topological polar surface area (TPSA) is 60.7 Å². The number of methoxy groups -OCH3 is 1. The summed E-state index contributed by atoms with van der Waals surface area (Å²) in [6, 6.07) is 5.33. The molecule has 0 aliphatic heterocycles. The molecule has 0 radical (unpaired) electrons. The Morgan fingerprint density at radius 1 is 1.36 bits per heavy atom. The molecular weight excluding hydrogens is 324 g/mol. The molecule has 0 aliphatic rings. The van der Waals surface area contributed by atoms with Gasteiger partial charge in [0.1, 0.15) is 6.54 Å². The van der Waals surface area contributed by atoms with Crippen LogP contribution in [0.15, 0.2) is 23.2 Å². The highest BCUT2D eigenvalue weighted by atomic mass is 35.5. The maximum absolute atomic E-state index is 12.2. The van der Waals surface area contributed by atoms with E-state index in [1.54, 1.807) is 43.5 Å². The molecule has 0 saturated carbocycles. The molecule has 0 fully saturated rings. The van der Waals surface area contributed by atoms with Crippen molar-refractivity contribution < 1.29 is 14.3 Å². The number of rotatable bonds is 2. The first-order valence-corrected chi connectivity index (χ1v) is 7.86. The van der Waals surface area contributed by atoms with Gasteiger partial charge in [-0.2, -0.15) is 4.99 Å². The molecule has 1 heterocycles. The number of thiazole rings is 1. The zero-order chi connectivity index (χ0) is 16.5. The third-order valence-electron chi connectivity index (χ3n) is 3.00. The summed E-state index contributed by atoms with van der Waals surface area (Å²) in [6.07, 6.45) is 0. The SMILES string of the molecule is COC(=O)Cn1c(=NC(=O)C(C)(C)C)sc2cc(Cl)ccc21. The number of benzene rings is 1. The molecule has 0 unspecified atom stereocenters. The normalized spacial score (nSPS) is 12.7. The van der Waals surface area contributed by atoms with Gasteiger partial charge in [0.25, 0.3) is 5.91 Å². The number of carbonyl (C=O) groups excluding carboxylic acids is 2. The highest BCUT2D eigenvalue weighted by Gasteiger charge is 2.21. The maximum Gasteiger partial charge on any atom is 0.325 e.